The lowest BCUT2D eigenvalue weighted by Gasteiger charge is -2.07. The van der Waals surface area contributed by atoms with Gasteiger partial charge in [0.15, 0.2) is 5.16 Å². The van der Waals surface area contributed by atoms with Crippen molar-refractivity contribution in [3.8, 4) is 0 Å². The van der Waals surface area contributed by atoms with Crippen molar-refractivity contribution < 1.29 is 4.79 Å². The van der Waals surface area contributed by atoms with E-state index in [0.717, 1.165) is 12.2 Å². The van der Waals surface area contributed by atoms with Crippen LogP contribution in [0.4, 0.5) is 5.69 Å². The molecule has 3 heterocycles. The molecule has 3 aromatic heterocycles. The van der Waals surface area contributed by atoms with Gasteiger partial charge >= 0.3 is 5.69 Å². The first-order valence-corrected chi connectivity index (χ1v) is 10.9. The van der Waals surface area contributed by atoms with Crippen LogP contribution < -0.4 is 11.0 Å². The quantitative estimate of drug-likeness (QED) is 0.369. The summed E-state index contributed by atoms with van der Waals surface area (Å²) < 4.78 is 2.59. The summed E-state index contributed by atoms with van der Waals surface area (Å²) in [6.07, 6.45) is 0.718. The summed E-state index contributed by atoms with van der Waals surface area (Å²) in [6.45, 7) is 0. The van der Waals surface area contributed by atoms with E-state index in [1.165, 1.54) is 16.6 Å². The molecule has 8 nitrogen and oxygen atoms in total. The molecule has 0 saturated heterocycles. The fourth-order valence-corrected chi connectivity index (χ4v) is 4.54. The van der Waals surface area contributed by atoms with Gasteiger partial charge in [-0.25, -0.2) is 4.79 Å². The molecular weight excluding hydrogens is 464 g/mol. The Morgan fingerprint density at radius 3 is 2.86 bits per heavy atom. The lowest BCUT2D eigenvalue weighted by atomic mass is 10.3. The Morgan fingerprint density at radius 1 is 1.32 bits per heavy atom. The van der Waals surface area contributed by atoms with E-state index in [1.54, 1.807) is 23.5 Å². The van der Waals surface area contributed by atoms with Gasteiger partial charge in [0.2, 0.25) is 5.91 Å². The number of benzene rings is 1. The van der Waals surface area contributed by atoms with Crippen LogP contribution in [0.25, 0.3) is 11.0 Å². The Morgan fingerprint density at radius 2 is 2.11 bits per heavy atom. The van der Waals surface area contributed by atoms with E-state index >= 15 is 0 Å². The molecular formula is C17H15BrN6O2S2. The van der Waals surface area contributed by atoms with Crippen LogP contribution >= 0.6 is 39.0 Å². The molecule has 3 N–H and O–H groups in total. The maximum absolute atomic E-state index is 12.4. The predicted octanol–water partition coefficient (Wildman–Crippen LogP) is 3.13. The van der Waals surface area contributed by atoms with E-state index in [-0.39, 0.29) is 17.3 Å². The molecule has 0 radical (unpaired) electrons. The van der Waals surface area contributed by atoms with Gasteiger partial charge < -0.3 is 19.9 Å². The van der Waals surface area contributed by atoms with Crippen LogP contribution in [0.3, 0.4) is 0 Å². The van der Waals surface area contributed by atoms with Crippen LogP contribution in [0, 0.1) is 0 Å². The first kappa shape index (κ1) is 19.0. The Labute approximate surface area is 175 Å². The number of carbonyl (C=O) groups is 1. The van der Waals surface area contributed by atoms with E-state index < -0.39 is 0 Å². The molecule has 1 amide bonds. The number of hydrogen-bond acceptors (Lipinski definition) is 6. The first-order valence-electron chi connectivity index (χ1n) is 8.24. The molecule has 0 unspecified atom stereocenters. The molecule has 0 saturated carbocycles. The van der Waals surface area contributed by atoms with Crippen molar-refractivity contribution in [2.24, 2.45) is 7.05 Å². The number of H-pyrrole nitrogens is 2. The third-order valence-electron chi connectivity index (χ3n) is 4.05. The summed E-state index contributed by atoms with van der Waals surface area (Å²) in [7, 11) is 1.90. The molecule has 0 spiro atoms. The number of nitrogens with one attached hydrogen (secondary N) is 3. The number of thiophene rings is 1. The van der Waals surface area contributed by atoms with Crippen LogP contribution in [-0.4, -0.2) is 36.4 Å². The second-order valence-electron chi connectivity index (χ2n) is 6.01. The minimum atomic E-state index is -0.290. The Balaban J connectivity index is 1.40. The van der Waals surface area contributed by atoms with Crippen molar-refractivity contribution >= 4 is 61.7 Å². The Kier molecular flexibility index (Phi) is 5.38. The highest BCUT2D eigenvalue weighted by Crippen LogP contribution is 2.27. The van der Waals surface area contributed by atoms with Gasteiger partial charge in [0, 0.05) is 22.8 Å². The first-order chi connectivity index (χ1) is 13.5. The van der Waals surface area contributed by atoms with Crippen LogP contribution in [0.1, 0.15) is 10.7 Å². The number of thioether (sulfide) groups is 1. The van der Waals surface area contributed by atoms with Crippen molar-refractivity contribution in [2.45, 2.75) is 11.6 Å². The number of carbonyl (C=O) groups excluding carboxylic acids is 1. The van der Waals surface area contributed by atoms with E-state index in [9.17, 15) is 9.59 Å². The number of fused-ring (bicyclic) bond motifs is 1. The van der Waals surface area contributed by atoms with Gasteiger partial charge in [-0.1, -0.05) is 17.8 Å². The highest BCUT2D eigenvalue weighted by Gasteiger charge is 2.14. The van der Waals surface area contributed by atoms with Crippen LogP contribution in [-0.2, 0) is 18.3 Å². The molecule has 11 heteroatoms. The van der Waals surface area contributed by atoms with Crippen LogP contribution in [0.15, 0.2) is 44.1 Å². The SMILES string of the molecule is Cn1c(Cc2cccs2)nnc1SCC(=O)Nc1cc2[nH]c(=O)[nH]c2cc1Br. The number of amides is 1. The van der Waals surface area contributed by atoms with Gasteiger partial charge in [0.25, 0.3) is 0 Å². The number of halogens is 1. The summed E-state index contributed by atoms with van der Waals surface area (Å²) in [5, 5.41) is 14.0. The zero-order valence-electron chi connectivity index (χ0n) is 14.7. The summed E-state index contributed by atoms with van der Waals surface area (Å²) in [5.74, 6) is 0.875. The molecule has 1 aromatic carbocycles. The second-order valence-corrected chi connectivity index (χ2v) is 8.84. The van der Waals surface area contributed by atoms with E-state index in [1.807, 2.05) is 23.1 Å². The fourth-order valence-electron chi connectivity index (χ4n) is 2.66. The highest BCUT2D eigenvalue weighted by molar-refractivity contribution is 9.10. The van der Waals surface area contributed by atoms with E-state index in [4.69, 9.17) is 0 Å². The molecule has 0 atom stereocenters. The second kappa shape index (κ2) is 7.94. The molecule has 4 rings (SSSR count). The predicted molar refractivity (Wildman–Crippen MR) is 114 cm³/mol. The van der Waals surface area contributed by atoms with Gasteiger partial charge in [0.1, 0.15) is 5.82 Å². The maximum atomic E-state index is 12.4. The zero-order chi connectivity index (χ0) is 19.7. The minimum Gasteiger partial charge on any atom is -0.324 e. The van der Waals surface area contributed by atoms with Crippen molar-refractivity contribution in [1.82, 2.24) is 24.7 Å². The van der Waals surface area contributed by atoms with Crippen molar-refractivity contribution in [3.05, 3.63) is 55.3 Å². The summed E-state index contributed by atoms with van der Waals surface area (Å²) in [4.78, 5) is 30.3. The highest BCUT2D eigenvalue weighted by atomic mass is 79.9. The molecule has 0 aliphatic heterocycles. The molecule has 0 aliphatic rings. The Hall–Kier alpha value is -2.37. The third-order valence-corrected chi connectivity index (χ3v) is 6.60. The number of anilines is 1. The Bertz CT molecular complexity index is 1190. The maximum Gasteiger partial charge on any atom is 0.323 e. The van der Waals surface area contributed by atoms with Gasteiger partial charge in [-0.15, -0.1) is 21.5 Å². The monoisotopic (exact) mass is 478 g/mol. The third kappa shape index (κ3) is 4.05. The molecule has 0 bridgehead atoms. The molecule has 28 heavy (non-hydrogen) atoms. The van der Waals surface area contributed by atoms with Gasteiger partial charge in [0.05, 0.1) is 22.5 Å². The van der Waals surface area contributed by atoms with E-state index in [0.29, 0.717) is 26.3 Å². The number of nitrogens with zero attached hydrogens (tertiary/aromatic N) is 3. The van der Waals surface area contributed by atoms with Gasteiger partial charge in [-0.3, -0.25) is 4.79 Å². The lowest BCUT2D eigenvalue weighted by molar-refractivity contribution is -0.113. The average molecular weight is 479 g/mol. The summed E-state index contributed by atoms with van der Waals surface area (Å²) in [5.41, 5.74) is 1.59. The molecule has 0 aliphatic carbocycles. The zero-order valence-corrected chi connectivity index (χ0v) is 17.9. The van der Waals surface area contributed by atoms with Crippen LogP contribution in [0.5, 0.6) is 0 Å². The number of hydrogen-bond donors (Lipinski definition) is 3. The van der Waals surface area contributed by atoms with Crippen molar-refractivity contribution in [3.63, 3.8) is 0 Å². The number of imidazole rings is 1. The lowest BCUT2D eigenvalue weighted by Crippen LogP contribution is -2.15. The smallest absolute Gasteiger partial charge is 0.323 e. The molecule has 4 aromatic rings. The van der Waals surface area contributed by atoms with Gasteiger partial charge in [-0.2, -0.15) is 0 Å². The largest absolute Gasteiger partial charge is 0.324 e. The van der Waals surface area contributed by atoms with Crippen molar-refractivity contribution in [1.29, 1.82) is 0 Å². The average Bonchev–Trinajstić information content (AvgIpc) is 3.36. The standard InChI is InChI=1S/C17H15BrN6O2S2/c1-24-14(5-9-3-2-4-27-9)22-23-17(24)28-8-15(25)19-11-7-13-12(6-10(11)18)20-16(26)21-13/h2-4,6-7H,5,8H2,1H3,(H,19,25)(H2,20,21,26). The number of aromatic nitrogens is 5. The van der Waals surface area contributed by atoms with Crippen LogP contribution in [0.2, 0.25) is 0 Å². The van der Waals surface area contributed by atoms with Gasteiger partial charge in [-0.05, 0) is 39.5 Å². The summed E-state index contributed by atoms with van der Waals surface area (Å²) in [6, 6.07) is 7.53. The summed E-state index contributed by atoms with van der Waals surface area (Å²) >= 11 is 6.41. The normalized spacial score (nSPS) is 11.2. The fraction of sp³-hybridized carbons (Fsp3) is 0.176. The number of rotatable bonds is 6. The molecule has 144 valence electrons. The van der Waals surface area contributed by atoms with Crippen molar-refractivity contribution in [2.75, 3.05) is 11.1 Å². The van der Waals surface area contributed by atoms with E-state index in [2.05, 4.69) is 47.5 Å². The number of aromatic amines is 2. The molecule has 0 fully saturated rings. The minimum absolute atomic E-state index is 0.175. The topological polar surface area (TPSA) is 108 Å².